The maximum absolute atomic E-state index is 13.0. The van der Waals surface area contributed by atoms with Crippen molar-refractivity contribution in [1.29, 1.82) is 0 Å². The van der Waals surface area contributed by atoms with E-state index in [2.05, 4.69) is 4.98 Å². The number of H-pyrrole nitrogens is 1. The summed E-state index contributed by atoms with van der Waals surface area (Å²) >= 11 is 0. The molecule has 2 aromatic rings. The van der Waals surface area contributed by atoms with Gasteiger partial charge in [0.15, 0.2) is 11.6 Å². The Labute approximate surface area is 159 Å². The zero-order valence-corrected chi connectivity index (χ0v) is 16.2. The quantitative estimate of drug-likeness (QED) is 0.818. The maximum Gasteiger partial charge on any atom is 0.270 e. The number of aromatic nitrogens is 1. The Morgan fingerprint density at radius 1 is 1.11 bits per heavy atom. The van der Waals surface area contributed by atoms with Gasteiger partial charge < -0.3 is 9.88 Å². The van der Waals surface area contributed by atoms with Crippen LogP contribution < -0.4 is 0 Å². The molecule has 0 bridgehead atoms. The van der Waals surface area contributed by atoms with Gasteiger partial charge in [-0.15, -0.1) is 0 Å². The fraction of sp³-hybridized carbons (Fsp3) is 0.409. The minimum Gasteiger partial charge on any atom is -0.354 e. The lowest BCUT2D eigenvalue weighted by Gasteiger charge is -2.31. The van der Waals surface area contributed by atoms with E-state index in [1.807, 2.05) is 44.2 Å². The van der Waals surface area contributed by atoms with Crippen LogP contribution in [0.15, 0.2) is 30.3 Å². The van der Waals surface area contributed by atoms with E-state index >= 15 is 0 Å². The van der Waals surface area contributed by atoms with Crippen LogP contribution in [0.25, 0.3) is 0 Å². The van der Waals surface area contributed by atoms with Crippen molar-refractivity contribution < 1.29 is 14.4 Å². The smallest absolute Gasteiger partial charge is 0.270 e. The van der Waals surface area contributed by atoms with E-state index in [0.717, 1.165) is 16.8 Å². The molecule has 2 heterocycles. The molecule has 1 aliphatic rings. The molecule has 5 heteroatoms. The number of likely N-dealkylation sites (tertiary alicyclic amines) is 1. The number of nitrogens with zero attached hydrogens (tertiary/aromatic N) is 1. The predicted octanol–water partition coefficient (Wildman–Crippen LogP) is 3.82. The summed E-state index contributed by atoms with van der Waals surface area (Å²) in [6, 6.07) is 9.34. The zero-order valence-electron chi connectivity index (χ0n) is 16.2. The second kappa shape index (κ2) is 7.91. The molecule has 1 fully saturated rings. The molecule has 0 saturated carbocycles. The molecular weight excluding hydrogens is 340 g/mol. The first-order valence-electron chi connectivity index (χ1n) is 9.54. The number of hydrogen-bond acceptors (Lipinski definition) is 3. The second-order valence-electron chi connectivity index (χ2n) is 7.19. The maximum atomic E-state index is 13.0. The highest BCUT2D eigenvalue weighted by atomic mass is 16.2. The average molecular weight is 366 g/mol. The van der Waals surface area contributed by atoms with Crippen LogP contribution >= 0.6 is 0 Å². The van der Waals surface area contributed by atoms with Gasteiger partial charge in [0.25, 0.3) is 5.91 Å². The molecule has 27 heavy (non-hydrogen) atoms. The Morgan fingerprint density at radius 3 is 2.30 bits per heavy atom. The van der Waals surface area contributed by atoms with Crippen LogP contribution in [0.5, 0.6) is 0 Å². The number of benzene rings is 1. The van der Waals surface area contributed by atoms with E-state index < -0.39 is 0 Å². The van der Waals surface area contributed by atoms with E-state index in [0.29, 0.717) is 43.6 Å². The van der Waals surface area contributed by atoms with E-state index in [-0.39, 0.29) is 23.4 Å². The third kappa shape index (κ3) is 3.72. The monoisotopic (exact) mass is 366 g/mol. The van der Waals surface area contributed by atoms with Gasteiger partial charge in [-0.3, -0.25) is 14.4 Å². The summed E-state index contributed by atoms with van der Waals surface area (Å²) in [5.74, 6) is 0.0201. The number of hydrogen-bond donors (Lipinski definition) is 1. The summed E-state index contributed by atoms with van der Waals surface area (Å²) < 4.78 is 0. The topological polar surface area (TPSA) is 70.2 Å². The lowest BCUT2D eigenvalue weighted by Crippen LogP contribution is -2.40. The first-order chi connectivity index (χ1) is 12.9. The van der Waals surface area contributed by atoms with Gasteiger partial charge in [-0.25, -0.2) is 0 Å². The summed E-state index contributed by atoms with van der Waals surface area (Å²) in [6.07, 6.45) is 1.96. The number of Topliss-reactive ketones (excluding diaryl/α,β-unsaturated/α-hetero) is 2. The Bertz CT molecular complexity index is 859. The molecule has 1 amide bonds. The van der Waals surface area contributed by atoms with Crippen LogP contribution in [0.1, 0.15) is 69.2 Å². The first kappa shape index (κ1) is 19.1. The van der Waals surface area contributed by atoms with Gasteiger partial charge in [0.05, 0.1) is 0 Å². The Balaban J connectivity index is 1.72. The number of rotatable bonds is 5. The van der Waals surface area contributed by atoms with Gasteiger partial charge in [-0.05, 0) is 38.7 Å². The van der Waals surface area contributed by atoms with Crippen LogP contribution in [0, 0.1) is 12.8 Å². The molecule has 0 unspecified atom stereocenters. The second-order valence-corrected chi connectivity index (χ2v) is 7.19. The first-order valence-corrected chi connectivity index (χ1v) is 9.54. The van der Waals surface area contributed by atoms with E-state index in [4.69, 9.17) is 0 Å². The molecule has 3 rings (SSSR count). The number of amides is 1. The predicted molar refractivity (Wildman–Crippen MR) is 104 cm³/mol. The van der Waals surface area contributed by atoms with Crippen LogP contribution in [0.3, 0.4) is 0 Å². The Morgan fingerprint density at radius 2 is 1.74 bits per heavy atom. The van der Waals surface area contributed by atoms with Crippen molar-refractivity contribution >= 4 is 17.5 Å². The summed E-state index contributed by atoms with van der Waals surface area (Å²) in [6.45, 7) is 6.43. The fourth-order valence-electron chi connectivity index (χ4n) is 4.03. The summed E-state index contributed by atoms with van der Waals surface area (Å²) in [4.78, 5) is 42.5. The van der Waals surface area contributed by atoms with E-state index in [9.17, 15) is 14.4 Å². The Kier molecular flexibility index (Phi) is 5.59. The number of nitrogens with one attached hydrogen (secondary N) is 1. The van der Waals surface area contributed by atoms with Gasteiger partial charge in [-0.2, -0.15) is 0 Å². The largest absolute Gasteiger partial charge is 0.354 e. The molecule has 5 nitrogen and oxygen atoms in total. The van der Waals surface area contributed by atoms with Crippen molar-refractivity contribution in [1.82, 2.24) is 9.88 Å². The van der Waals surface area contributed by atoms with Crippen molar-refractivity contribution in [3.63, 3.8) is 0 Å². The number of carbonyl (C=O) groups excluding carboxylic acids is 3. The van der Waals surface area contributed by atoms with Crippen molar-refractivity contribution in [2.75, 3.05) is 13.1 Å². The number of aryl methyl sites for hydroxylation is 1. The van der Waals surface area contributed by atoms with Crippen molar-refractivity contribution in [2.45, 2.75) is 40.0 Å². The third-order valence-electron chi connectivity index (χ3n) is 5.42. The lowest BCUT2D eigenvalue weighted by atomic mass is 9.88. The summed E-state index contributed by atoms with van der Waals surface area (Å²) in [5, 5.41) is 0. The van der Waals surface area contributed by atoms with Crippen LogP contribution in [-0.2, 0) is 6.42 Å². The molecule has 1 N–H and O–H groups in total. The molecule has 1 aromatic carbocycles. The molecule has 1 saturated heterocycles. The molecule has 0 atom stereocenters. The standard InChI is InChI=1S/C22H26N2O3/c1-4-18-19(15(3)25)14(2)23-20(18)22(27)24-12-10-17(11-13-24)21(26)16-8-6-5-7-9-16/h5-9,17,23H,4,10-13H2,1-3H3. The van der Waals surface area contributed by atoms with Crippen molar-refractivity contribution in [2.24, 2.45) is 5.92 Å². The number of carbonyl (C=O) groups is 3. The van der Waals surface area contributed by atoms with Gasteiger partial charge >= 0.3 is 0 Å². The summed E-state index contributed by atoms with van der Waals surface area (Å²) in [7, 11) is 0. The van der Waals surface area contributed by atoms with Gasteiger partial charge in [0.2, 0.25) is 0 Å². The zero-order chi connectivity index (χ0) is 19.6. The molecule has 0 aliphatic carbocycles. The molecule has 142 valence electrons. The number of ketones is 2. The van der Waals surface area contributed by atoms with Crippen molar-refractivity contribution in [3.05, 3.63) is 58.4 Å². The highest BCUT2D eigenvalue weighted by molar-refractivity contribution is 6.03. The third-order valence-corrected chi connectivity index (χ3v) is 5.42. The van der Waals surface area contributed by atoms with E-state index in [1.54, 1.807) is 4.90 Å². The highest BCUT2D eigenvalue weighted by Gasteiger charge is 2.31. The van der Waals surface area contributed by atoms with Crippen LogP contribution in [-0.4, -0.2) is 40.4 Å². The number of piperidine rings is 1. The SMILES string of the molecule is CCc1c(C(=O)N2CCC(C(=O)c3ccccc3)CC2)[nH]c(C)c1C(C)=O. The van der Waals surface area contributed by atoms with Gasteiger partial charge in [-0.1, -0.05) is 37.3 Å². The lowest BCUT2D eigenvalue weighted by molar-refractivity contribution is 0.0645. The fourth-order valence-corrected chi connectivity index (χ4v) is 4.03. The normalized spacial score (nSPS) is 15.0. The van der Waals surface area contributed by atoms with Gasteiger partial charge in [0, 0.05) is 35.8 Å². The van der Waals surface area contributed by atoms with Gasteiger partial charge in [0.1, 0.15) is 5.69 Å². The minimum atomic E-state index is -0.0759. The number of aromatic amines is 1. The highest BCUT2D eigenvalue weighted by Crippen LogP contribution is 2.26. The van der Waals surface area contributed by atoms with Crippen molar-refractivity contribution in [3.8, 4) is 0 Å². The van der Waals surface area contributed by atoms with Crippen LogP contribution in [0.2, 0.25) is 0 Å². The van der Waals surface area contributed by atoms with E-state index in [1.165, 1.54) is 6.92 Å². The molecule has 0 radical (unpaired) electrons. The Hall–Kier alpha value is -2.69. The minimum absolute atomic E-state index is 0.0215. The molecular formula is C22H26N2O3. The molecule has 0 spiro atoms. The molecule has 1 aromatic heterocycles. The summed E-state index contributed by atoms with van der Waals surface area (Å²) in [5.41, 5.74) is 3.44. The average Bonchev–Trinajstić information content (AvgIpc) is 3.04. The molecule has 1 aliphatic heterocycles. The van der Waals surface area contributed by atoms with Crippen LogP contribution in [0.4, 0.5) is 0 Å².